The van der Waals surface area contributed by atoms with E-state index in [1.54, 1.807) is 43.3 Å². The second-order valence-electron chi connectivity index (χ2n) is 9.76. The first-order chi connectivity index (χ1) is 22.0. The molecule has 1 aliphatic heterocycles. The van der Waals surface area contributed by atoms with E-state index in [0.29, 0.717) is 46.0 Å². The predicted molar refractivity (Wildman–Crippen MR) is 191 cm³/mol. The monoisotopic (exact) mass is 633 g/mol. The van der Waals surface area contributed by atoms with E-state index in [0.717, 1.165) is 6.54 Å². The minimum atomic E-state index is -0.420. The molecular weight excluding hydrogens is 582 g/mol. The number of carbonyl (C=O) groups excluding carboxylic acids is 3. The molecule has 1 aromatic rings. The highest BCUT2D eigenvalue weighted by atomic mass is 16.5. The minimum absolute atomic E-state index is 0.0376. The lowest BCUT2D eigenvalue weighted by molar-refractivity contribution is -0.116. The molecule has 46 heavy (non-hydrogen) atoms. The average molecular weight is 634 g/mol. The second-order valence-corrected chi connectivity index (χ2v) is 9.76. The van der Waals surface area contributed by atoms with Gasteiger partial charge in [0.25, 0.3) is 5.91 Å². The van der Waals surface area contributed by atoms with Crippen LogP contribution in [0.1, 0.15) is 38.1 Å². The smallest absolute Gasteiger partial charge is 0.257 e. The number of nitrogens with one attached hydrogen (secondary N) is 1. The molecule has 11 heteroatoms. The maximum atomic E-state index is 13.4. The van der Waals surface area contributed by atoms with Crippen LogP contribution in [-0.4, -0.2) is 94.9 Å². The molecule has 2 rings (SSSR count). The third kappa shape index (κ3) is 12.4. The molecule has 3 N–H and O–H groups in total. The summed E-state index contributed by atoms with van der Waals surface area (Å²) < 4.78 is 5.48. The van der Waals surface area contributed by atoms with Crippen LogP contribution in [0.5, 0.6) is 0 Å². The number of carbonyl (C=O) groups is 3. The van der Waals surface area contributed by atoms with E-state index in [4.69, 9.17) is 9.73 Å². The highest BCUT2D eigenvalue weighted by molar-refractivity contribution is 6.30. The van der Waals surface area contributed by atoms with Gasteiger partial charge in [0.05, 0.1) is 29.4 Å². The normalized spacial score (nSPS) is 15.1. The third-order valence-corrected chi connectivity index (χ3v) is 6.23. The molecule has 0 unspecified atom stereocenters. The molecule has 2 amide bonds. The standard InChI is InChI=1S/C32H40N6O4.C2H6.CH5N/c1-10-29(37(8)16-15-36(6)7)28(35-30(40)11-2)19-25(21-42-9)34-32-27(20-33-5)22(3)17-31(41)38(32)26-14-12-13-24(18-26)23(4)39;2*1-2/h10-14,17-20H,1-2,5,15-16,21H2,3-4,6-9H3,(H,35,40);1-2H3;2H2,1H3/b25-19+,27-20-,29-28-,34-32+;;. The Kier molecular flexibility index (Phi) is 19.7. The van der Waals surface area contributed by atoms with Crippen LogP contribution in [0.3, 0.4) is 0 Å². The van der Waals surface area contributed by atoms with Gasteiger partial charge in [-0.25, -0.2) is 4.99 Å². The first-order valence-corrected chi connectivity index (χ1v) is 14.8. The zero-order valence-corrected chi connectivity index (χ0v) is 28.9. The van der Waals surface area contributed by atoms with E-state index in [-0.39, 0.29) is 24.1 Å². The highest BCUT2D eigenvalue weighted by Crippen LogP contribution is 2.28. The van der Waals surface area contributed by atoms with Crippen molar-refractivity contribution in [3.05, 3.63) is 102 Å². The summed E-state index contributed by atoms with van der Waals surface area (Å²) in [4.78, 5) is 52.3. The van der Waals surface area contributed by atoms with Crippen LogP contribution < -0.4 is 16.0 Å². The summed E-state index contributed by atoms with van der Waals surface area (Å²) in [6.45, 7) is 19.8. The summed E-state index contributed by atoms with van der Waals surface area (Å²) in [5.41, 5.74) is 8.02. The molecule has 1 aromatic carbocycles. The van der Waals surface area contributed by atoms with Crippen molar-refractivity contribution in [2.75, 3.05) is 59.9 Å². The number of ether oxygens (including phenoxy) is 1. The number of methoxy groups -OCH3 is 1. The maximum Gasteiger partial charge on any atom is 0.257 e. The number of nitrogens with zero attached hydrogens (tertiary/aromatic N) is 5. The van der Waals surface area contributed by atoms with E-state index < -0.39 is 5.91 Å². The van der Waals surface area contributed by atoms with Crippen LogP contribution in [0, 0.1) is 0 Å². The maximum absolute atomic E-state index is 13.4. The molecule has 0 aromatic heterocycles. The fourth-order valence-corrected chi connectivity index (χ4v) is 4.06. The lowest BCUT2D eigenvalue weighted by Crippen LogP contribution is -2.41. The molecule has 0 radical (unpaired) electrons. The van der Waals surface area contributed by atoms with Crippen molar-refractivity contribution in [2.45, 2.75) is 27.7 Å². The third-order valence-electron chi connectivity index (χ3n) is 6.23. The Morgan fingerprint density at radius 2 is 1.76 bits per heavy atom. The summed E-state index contributed by atoms with van der Waals surface area (Å²) in [5, 5.41) is 2.85. The van der Waals surface area contributed by atoms with Gasteiger partial charge in [-0.1, -0.05) is 39.1 Å². The topological polar surface area (TPSA) is 133 Å². The molecule has 0 aliphatic carbocycles. The summed E-state index contributed by atoms with van der Waals surface area (Å²) in [6, 6.07) is 6.74. The first kappa shape index (κ1) is 41.3. The molecule has 250 valence electrons. The van der Waals surface area contributed by atoms with Crippen LogP contribution in [0.15, 0.2) is 106 Å². The van der Waals surface area contributed by atoms with Crippen LogP contribution >= 0.6 is 0 Å². The summed E-state index contributed by atoms with van der Waals surface area (Å²) >= 11 is 0. The molecule has 0 saturated carbocycles. The molecule has 0 bridgehead atoms. The van der Waals surface area contributed by atoms with Gasteiger partial charge < -0.3 is 25.6 Å². The van der Waals surface area contributed by atoms with Gasteiger partial charge in [0.1, 0.15) is 5.84 Å². The zero-order valence-electron chi connectivity index (χ0n) is 28.9. The SMILES string of the molecule is C=CC(=O)NC(/C=C(COC)/N=C1\C(=C/N=C)C(C)=CC(=O)N1c1cccc(C(C)=O)c1)=C(/C=C)N(C)CCN(C)C.CC.CN. The van der Waals surface area contributed by atoms with Crippen molar-refractivity contribution in [3.8, 4) is 0 Å². The fraction of sp³-hybridized carbons (Fsp3) is 0.343. The molecular formula is C35H51N7O4. The largest absolute Gasteiger partial charge is 0.378 e. The number of nitrogens with two attached hydrogens (primary N) is 1. The second kappa shape index (κ2) is 21.9. The van der Waals surface area contributed by atoms with Crippen molar-refractivity contribution < 1.29 is 19.1 Å². The molecule has 0 atom stereocenters. The summed E-state index contributed by atoms with van der Waals surface area (Å²) in [6.07, 6.45) is 7.48. The number of Topliss-reactive ketones (excluding diaryl/α,β-unsaturated/α-hetero) is 1. The summed E-state index contributed by atoms with van der Waals surface area (Å²) in [7, 11) is 8.86. The van der Waals surface area contributed by atoms with Gasteiger partial charge in [-0.05, 0) is 77.6 Å². The van der Waals surface area contributed by atoms with Crippen molar-refractivity contribution in [1.29, 1.82) is 0 Å². The van der Waals surface area contributed by atoms with Gasteiger partial charge in [0, 0.05) is 50.7 Å². The van der Waals surface area contributed by atoms with Gasteiger partial charge in [0.15, 0.2) is 5.78 Å². The van der Waals surface area contributed by atoms with Crippen LogP contribution in [0.4, 0.5) is 5.69 Å². The van der Waals surface area contributed by atoms with Crippen molar-refractivity contribution in [1.82, 2.24) is 15.1 Å². The first-order valence-electron chi connectivity index (χ1n) is 14.8. The van der Waals surface area contributed by atoms with Gasteiger partial charge >= 0.3 is 0 Å². The van der Waals surface area contributed by atoms with E-state index in [9.17, 15) is 14.4 Å². The zero-order chi connectivity index (χ0) is 35.4. The number of anilines is 1. The number of aliphatic imine (C=N–C) groups is 2. The molecule has 11 nitrogen and oxygen atoms in total. The van der Waals surface area contributed by atoms with E-state index in [1.807, 2.05) is 44.8 Å². The van der Waals surface area contributed by atoms with E-state index in [1.165, 1.54) is 44.3 Å². The predicted octanol–water partition coefficient (Wildman–Crippen LogP) is 4.49. The Labute approximate surface area is 274 Å². The number of hydrogen-bond donors (Lipinski definition) is 2. The number of ketones is 1. The van der Waals surface area contributed by atoms with Gasteiger partial charge in [-0.15, -0.1) is 0 Å². The fourth-order valence-electron chi connectivity index (χ4n) is 4.06. The summed E-state index contributed by atoms with van der Waals surface area (Å²) in [5.74, 6) is -0.655. The quantitative estimate of drug-likeness (QED) is 0.134. The lowest BCUT2D eigenvalue weighted by Gasteiger charge is -2.29. The lowest BCUT2D eigenvalue weighted by atomic mass is 10.0. The minimum Gasteiger partial charge on any atom is -0.378 e. The van der Waals surface area contributed by atoms with Crippen molar-refractivity contribution in [3.63, 3.8) is 0 Å². The number of amidine groups is 1. The Bertz CT molecular complexity index is 1400. The van der Waals surface area contributed by atoms with E-state index in [2.05, 4.69) is 35.9 Å². The van der Waals surface area contributed by atoms with E-state index >= 15 is 0 Å². The van der Waals surface area contributed by atoms with Crippen LogP contribution in [-0.2, 0) is 14.3 Å². The van der Waals surface area contributed by atoms with Crippen LogP contribution in [0.2, 0.25) is 0 Å². The molecule has 0 saturated heterocycles. The van der Waals surface area contributed by atoms with Gasteiger partial charge in [0.2, 0.25) is 5.91 Å². The number of rotatable bonds is 14. The Hall–Kier alpha value is -4.71. The molecule has 1 heterocycles. The van der Waals surface area contributed by atoms with Gasteiger partial charge in [-0.3, -0.25) is 24.3 Å². The molecule has 0 fully saturated rings. The molecule has 0 spiro atoms. The Morgan fingerprint density at radius 3 is 2.28 bits per heavy atom. The number of hydrogen-bond acceptors (Lipinski definition) is 9. The Morgan fingerprint density at radius 1 is 1.11 bits per heavy atom. The highest BCUT2D eigenvalue weighted by Gasteiger charge is 2.30. The number of amides is 2. The Balaban J connectivity index is 0.00000486. The van der Waals surface area contributed by atoms with Gasteiger partial charge in [-0.2, -0.15) is 0 Å². The number of benzene rings is 1. The number of allylic oxidation sites excluding steroid dienone is 2. The number of likely N-dealkylation sites (N-methyl/N-ethyl adjacent to an activating group) is 2. The average Bonchev–Trinajstić information content (AvgIpc) is 3.04. The van der Waals surface area contributed by atoms with Crippen molar-refractivity contribution in [2.24, 2.45) is 15.7 Å². The molecule has 1 aliphatic rings. The van der Waals surface area contributed by atoms with Crippen LogP contribution in [0.25, 0.3) is 0 Å². The van der Waals surface area contributed by atoms with Crippen molar-refractivity contribution >= 4 is 35.8 Å².